The van der Waals surface area contributed by atoms with Gasteiger partial charge >= 0.3 is 0 Å². The maximum atomic E-state index is 6.54. The predicted molar refractivity (Wildman–Crippen MR) is 179 cm³/mol. The number of rotatable bonds is 5. The first-order valence-electron chi connectivity index (χ1n) is 16.0. The monoisotopic (exact) mass is 578 g/mol. The summed E-state index contributed by atoms with van der Waals surface area (Å²) >= 11 is 0. The Balaban J connectivity index is 1.09. The summed E-state index contributed by atoms with van der Waals surface area (Å²) < 4.78 is 12.6. The van der Waals surface area contributed by atoms with Crippen molar-refractivity contribution < 1.29 is 9.47 Å². The van der Waals surface area contributed by atoms with Crippen LogP contribution in [0.4, 0.5) is 11.4 Å². The summed E-state index contributed by atoms with van der Waals surface area (Å²) in [6, 6.07) is 41.6. The first-order valence-corrected chi connectivity index (χ1v) is 16.0. The first kappa shape index (κ1) is 26.9. The molecule has 0 spiro atoms. The highest BCUT2D eigenvalue weighted by molar-refractivity contribution is 5.74. The summed E-state index contributed by atoms with van der Waals surface area (Å²) in [5.74, 6) is 2.69. The molecule has 2 aliphatic heterocycles. The molecule has 2 heterocycles. The molecular formula is C40H38N2O2. The van der Waals surface area contributed by atoms with Crippen molar-refractivity contribution in [2.75, 3.05) is 23.3 Å². The molecule has 4 nitrogen and oxygen atoms in total. The molecule has 0 saturated heterocycles. The molecule has 0 aromatic heterocycles. The zero-order valence-electron chi connectivity index (χ0n) is 25.1. The number of fused-ring (bicyclic) bond motifs is 2. The molecule has 5 aromatic carbocycles. The van der Waals surface area contributed by atoms with E-state index in [1.165, 1.54) is 82.4 Å². The highest BCUT2D eigenvalue weighted by Gasteiger charge is 2.27. The van der Waals surface area contributed by atoms with E-state index in [2.05, 4.69) is 125 Å². The Labute approximate surface area is 260 Å². The van der Waals surface area contributed by atoms with Crippen LogP contribution in [-0.4, -0.2) is 13.5 Å². The normalized spacial score (nSPS) is 16.5. The fourth-order valence-corrected chi connectivity index (χ4v) is 7.17. The van der Waals surface area contributed by atoms with E-state index in [0.717, 1.165) is 24.6 Å². The minimum Gasteiger partial charge on any atom is -0.473 e. The Kier molecular flexibility index (Phi) is 7.19. The topological polar surface area (TPSA) is 24.9 Å². The summed E-state index contributed by atoms with van der Waals surface area (Å²) in [6.07, 6.45) is 6.48. The quantitative estimate of drug-likeness (QED) is 0.207. The van der Waals surface area contributed by atoms with Gasteiger partial charge in [-0.15, -0.1) is 0 Å². The van der Waals surface area contributed by atoms with Gasteiger partial charge in [-0.25, -0.2) is 0 Å². The average Bonchev–Trinajstić information content (AvgIpc) is 3.11. The Hall–Kier alpha value is -4.70. The summed E-state index contributed by atoms with van der Waals surface area (Å²) in [5.41, 5.74) is 11.3. The van der Waals surface area contributed by atoms with Crippen molar-refractivity contribution in [2.24, 2.45) is 0 Å². The van der Waals surface area contributed by atoms with Crippen LogP contribution in [-0.2, 0) is 13.1 Å². The smallest absolute Gasteiger partial charge is 0.161 e. The number of benzene rings is 5. The lowest BCUT2D eigenvalue weighted by molar-refractivity contribution is 0.281. The van der Waals surface area contributed by atoms with Crippen LogP contribution in [0.5, 0.6) is 11.5 Å². The fraction of sp³-hybridized carbons (Fsp3) is 0.250. The summed E-state index contributed by atoms with van der Waals surface area (Å²) in [4.78, 5) is 4.61. The lowest BCUT2D eigenvalue weighted by atomic mass is 9.81. The van der Waals surface area contributed by atoms with E-state index in [1.807, 2.05) is 0 Å². The lowest BCUT2D eigenvalue weighted by Gasteiger charge is -2.34. The van der Waals surface area contributed by atoms with Gasteiger partial charge in [0.1, 0.15) is 11.5 Å². The van der Waals surface area contributed by atoms with Crippen LogP contribution in [0.25, 0.3) is 22.3 Å². The highest BCUT2D eigenvalue weighted by Crippen LogP contribution is 2.44. The molecule has 0 radical (unpaired) electrons. The molecule has 1 saturated carbocycles. The molecule has 8 rings (SSSR count). The molecule has 0 N–H and O–H groups in total. The minimum absolute atomic E-state index is 0.572. The SMILES string of the molecule is c1ccc(N2COc3ccc(-c4ccc(-c5cc6c(c(C7CCCCC7)c5)OCN(c5ccccc5)C6)cc4)cc3C2)cc1. The van der Waals surface area contributed by atoms with Gasteiger partial charge in [-0.2, -0.15) is 0 Å². The fourth-order valence-electron chi connectivity index (χ4n) is 7.17. The van der Waals surface area contributed by atoms with E-state index < -0.39 is 0 Å². The lowest BCUT2D eigenvalue weighted by Crippen LogP contribution is -2.32. The molecule has 220 valence electrons. The number of nitrogens with zero attached hydrogens (tertiary/aromatic N) is 2. The zero-order chi connectivity index (χ0) is 29.3. The van der Waals surface area contributed by atoms with Crippen molar-refractivity contribution in [3.05, 3.63) is 132 Å². The zero-order valence-corrected chi connectivity index (χ0v) is 25.1. The maximum absolute atomic E-state index is 6.54. The van der Waals surface area contributed by atoms with E-state index in [9.17, 15) is 0 Å². The largest absolute Gasteiger partial charge is 0.473 e. The highest BCUT2D eigenvalue weighted by atomic mass is 16.5. The van der Waals surface area contributed by atoms with Crippen LogP contribution in [0.1, 0.15) is 54.7 Å². The number of ether oxygens (including phenoxy) is 2. The van der Waals surface area contributed by atoms with Gasteiger partial charge in [0.25, 0.3) is 0 Å². The molecule has 0 unspecified atom stereocenters. The molecule has 1 fully saturated rings. The third-order valence-corrected chi connectivity index (χ3v) is 9.56. The van der Waals surface area contributed by atoms with Crippen LogP contribution in [0.3, 0.4) is 0 Å². The second-order valence-corrected chi connectivity index (χ2v) is 12.4. The van der Waals surface area contributed by atoms with Gasteiger partial charge in [0.2, 0.25) is 0 Å². The first-order chi connectivity index (χ1) is 21.8. The van der Waals surface area contributed by atoms with E-state index in [1.54, 1.807) is 0 Å². The molecular weight excluding hydrogens is 540 g/mol. The maximum Gasteiger partial charge on any atom is 0.161 e. The Morgan fingerprint density at radius 3 is 1.75 bits per heavy atom. The molecule has 1 aliphatic carbocycles. The van der Waals surface area contributed by atoms with E-state index in [0.29, 0.717) is 19.4 Å². The van der Waals surface area contributed by atoms with Gasteiger partial charge in [-0.3, -0.25) is 0 Å². The standard InChI is InChI=1S/C40H38N2O2/c1-4-10-31(11-5-1)38-24-33(23-35-26-42(28-44-40(35)38)37-14-8-3-9-15-37)30-18-16-29(17-19-30)32-20-21-39-34(22-32)25-41(27-43-39)36-12-6-2-7-13-36/h2-3,6-9,12-24,31H,1,4-5,10-11,25-28H2. The van der Waals surface area contributed by atoms with Gasteiger partial charge in [0.05, 0.1) is 0 Å². The number of hydrogen-bond donors (Lipinski definition) is 0. The molecule has 3 aliphatic rings. The van der Waals surface area contributed by atoms with Crippen LogP contribution < -0.4 is 19.3 Å². The third-order valence-electron chi connectivity index (χ3n) is 9.56. The van der Waals surface area contributed by atoms with Crippen molar-refractivity contribution in [3.63, 3.8) is 0 Å². The van der Waals surface area contributed by atoms with Crippen molar-refractivity contribution in [1.82, 2.24) is 0 Å². The number of para-hydroxylation sites is 2. The molecule has 0 bridgehead atoms. The molecule has 0 atom stereocenters. The number of hydrogen-bond acceptors (Lipinski definition) is 4. The summed E-state index contributed by atoms with van der Waals surface area (Å²) in [7, 11) is 0. The minimum atomic E-state index is 0.572. The van der Waals surface area contributed by atoms with Crippen molar-refractivity contribution in [3.8, 4) is 33.8 Å². The molecule has 44 heavy (non-hydrogen) atoms. The van der Waals surface area contributed by atoms with Gasteiger partial charge in [0.15, 0.2) is 13.5 Å². The Morgan fingerprint density at radius 2 is 1.07 bits per heavy atom. The van der Waals surface area contributed by atoms with Gasteiger partial charge < -0.3 is 19.3 Å². The van der Waals surface area contributed by atoms with Crippen LogP contribution >= 0.6 is 0 Å². The van der Waals surface area contributed by atoms with Crippen LogP contribution in [0.2, 0.25) is 0 Å². The van der Waals surface area contributed by atoms with Crippen molar-refractivity contribution in [2.45, 2.75) is 51.1 Å². The second kappa shape index (κ2) is 11.8. The van der Waals surface area contributed by atoms with Crippen LogP contribution in [0, 0.1) is 0 Å². The summed E-state index contributed by atoms with van der Waals surface area (Å²) in [5, 5.41) is 0. The third kappa shape index (κ3) is 5.30. The van der Waals surface area contributed by atoms with E-state index in [-0.39, 0.29) is 0 Å². The predicted octanol–water partition coefficient (Wildman–Crippen LogP) is 9.78. The number of anilines is 2. The summed E-state index contributed by atoms with van der Waals surface area (Å²) in [6.45, 7) is 2.87. The average molecular weight is 579 g/mol. The van der Waals surface area contributed by atoms with E-state index in [4.69, 9.17) is 9.47 Å². The van der Waals surface area contributed by atoms with Crippen molar-refractivity contribution >= 4 is 11.4 Å². The molecule has 4 heteroatoms. The van der Waals surface area contributed by atoms with Gasteiger partial charge in [-0.1, -0.05) is 86.0 Å². The molecule has 5 aromatic rings. The van der Waals surface area contributed by atoms with Crippen LogP contribution in [0.15, 0.2) is 115 Å². The van der Waals surface area contributed by atoms with Gasteiger partial charge in [0, 0.05) is 35.6 Å². The Morgan fingerprint density at radius 1 is 0.500 bits per heavy atom. The van der Waals surface area contributed by atoms with Crippen molar-refractivity contribution in [1.29, 1.82) is 0 Å². The Bertz CT molecular complexity index is 1740. The van der Waals surface area contributed by atoms with Gasteiger partial charge in [-0.05, 0) is 95.1 Å². The second-order valence-electron chi connectivity index (χ2n) is 12.4. The molecule has 0 amide bonds. The van der Waals surface area contributed by atoms with E-state index >= 15 is 0 Å².